The van der Waals surface area contributed by atoms with E-state index in [-0.39, 0.29) is 11.4 Å². The van der Waals surface area contributed by atoms with Gasteiger partial charge in [0.25, 0.3) is 11.5 Å². The number of rotatable bonds is 5. The van der Waals surface area contributed by atoms with Crippen LogP contribution >= 0.6 is 0 Å². The predicted molar refractivity (Wildman–Crippen MR) is 90.5 cm³/mol. The maximum absolute atomic E-state index is 12.8. The minimum absolute atomic E-state index is 0.0632. The van der Waals surface area contributed by atoms with Gasteiger partial charge in [0.2, 0.25) is 0 Å². The van der Waals surface area contributed by atoms with Gasteiger partial charge in [-0.15, -0.1) is 0 Å². The number of halogens is 1. The van der Waals surface area contributed by atoms with Crippen molar-refractivity contribution in [1.29, 1.82) is 0 Å². The highest BCUT2D eigenvalue weighted by Gasteiger charge is 2.12. The third-order valence-electron chi connectivity index (χ3n) is 3.59. The Bertz CT molecular complexity index is 924. The van der Waals surface area contributed by atoms with Gasteiger partial charge in [-0.2, -0.15) is 0 Å². The molecule has 0 atom stereocenters. The van der Waals surface area contributed by atoms with E-state index in [1.54, 1.807) is 36.7 Å². The first kappa shape index (κ1) is 16.5. The normalized spacial score (nSPS) is 10.4. The Morgan fingerprint density at radius 3 is 2.64 bits per heavy atom. The SMILES string of the molecule is O=C(NCCc1ccc(F)cc1)c1cnc(-c2cccnc2)[nH]c1=O. The molecule has 0 saturated heterocycles. The highest BCUT2D eigenvalue weighted by atomic mass is 19.1. The molecule has 2 aromatic heterocycles. The van der Waals surface area contributed by atoms with E-state index < -0.39 is 11.5 Å². The first-order valence-corrected chi connectivity index (χ1v) is 7.66. The van der Waals surface area contributed by atoms with E-state index in [9.17, 15) is 14.0 Å². The summed E-state index contributed by atoms with van der Waals surface area (Å²) in [5.41, 5.74) is 0.961. The number of hydrogen-bond donors (Lipinski definition) is 2. The Labute approximate surface area is 142 Å². The molecule has 1 amide bonds. The summed E-state index contributed by atoms with van der Waals surface area (Å²) in [5.74, 6) is -0.464. The number of nitrogens with zero attached hydrogens (tertiary/aromatic N) is 2. The minimum atomic E-state index is -0.520. The fraction of sp³-hybridized carbons (Fsp3) is 0.111. The summed E-state index contributed by atoms with van der Waals surface area (Å²) < 4.78 is 12.8. The predicted octanol–water partition coefficient (Wildman–Crippen LogP) is 1.94. The smallest absolute Gasteiger partial charge is 0.264 e. The monoisotopic (exact) mass is 338 g/mol. The molecule has 7 heteroatoms. The Morgan fingerprint density at radius 1 is 1.16 bits per heavy atom. The van der Waals surface area contributed by atoms with Crippen molar-refractivity contribution in [2.24, 2.45) is 0 Å². The van der Waals surface area contributed by atoms with Crippen molar-refractivity contribution in [1.82, 2.24) is 20.3 Å². The number of nitrogens with one attached hydrogen (secondary N) is 2. The number of carbonyl (C=O) groups is 1. The Morgan fingerprint density at radius 2 is 1.96 bits per heavy atom. The van der Waals surface area contributed by atoms with Crippen molar-refractivity contribution < 1.29 is 9.18 Å². The molecule has 2 heterocycles. The molecule has 1 aromatic carbocycles. The lowest BCUT2D eigenvalue weighted by atomic mass is 10.1. The molecule has 0 bridgehead atoms. The quantitative estimate of drug-likeness (QED) is 0.744. The Balaban J connectivity index is 1.64. The van der Waals surface area contributed by atoms with Crippen LogP contribution in [0.5, 0.6) is 0 Å². The maximum atomic E-state index is 12.8. The number of aromatic nitrogens is 3. The molecule has 0 aliphatic carbocycles. The molecular formula is C18H15FN4O2. The van der Waals surface area contributed by atoms with Crippen LogP contribution in [0.25, 0.3) is 11.4 Å². The van der Waals surface area contributed by atoms with Gasteiger partial charge in [-0.3, -0.25) is 14.6 Å². The van der Waals surface area contributed by atoms with Crippen molar-refractivity contribution in [2.45, 2.75) is 6.42 Å². The van der Waals surface area contributed by atoms with Gasteiger partial charge in [0.15, 0.2) is 0 Å². The fourth-order valence-corrected chi connectivity index (χ4v) is 2.27. The number of H-pyrrole nitrogens is 1. The van der Waals surface area contributed by atoms with Crippen LogP contribution < -0.4 is 10.9 Å². The van der Waals surface area contributed by atoms with E-state index in [0.29, 0.717) is 24.4 Å². The first-order chi connectivity index (χ1) is 12.1. The van der Waals surface area contributed by atoms with E-state index in [1.165, 1.54) is 18.3 Å². The molecule has 0 spiro atoms. The largest absolute Gasteiger partial charge is 0.351 e. The van der Waals surface area contributed by atoms with Crippen LogP contribution in [0, 0.1) is 5.82 Å². The van der Waals surface area contributed by atoms with Gasteiger partial charge in [-0.1, -0.05) is 12.1 Å². The lowest BCUT2D eigenvalue weighted by Gasteiger charge is -2.06. The second-order valence-corrected chi connectivity index (χ2v) is 5.35. The number of hydrogen-bond acceptors (Lipinski definition) is 4. The summed E-state index contributed by atoms with van der Waals surface area (Å²) in [6.07, 6.45) is 4.96. The van der Waals surface area contributed by atoms with Gasteiger partial charge in [-0.05, 0) is 36.2 Å². The maximum Gasteiger partial charge on any atom is 0.264 e. The molecule has 3 rings (SSSR count). The Hall–Kier alpha value is -3.35. The van der Waals surface area contributed by atoms with E-state index in [4.69, 9.17) is 0 Å². The molecule has 0 radical (unpaired) electrons. The van der Waals surface area contributed by atoms with E-state index in [1.807, 2.05) is 0 Å². The summed E-state index contributed by atoms with van der Waals surface area (Å²) in [6, 6.07) is 9.52. The average Bonchev–Trinajstić information content (AvgIpc) is 2.64. The number of carbonyl (C=O) groups excluding carboxylic acids is 1. The minimum Gasteiger partial charge on any atom is -0.351 e. The number of benzene rings is 1. The van der Waals surface area contributed by atoms with Crippen LogP contribution in [0.2, 0.25) is 0 Å². The molecule has 126 valence electrons. The lowest BCUT2D eigenvalue weighted by Crippen LogP contribution is -2.31. The lowest BCUT2D eigenvalue weighted by molar-refractivity contribution is 0.0952. The van der Waals surface area contributed by atoms with Crippen LogP contribution in [-0.4, -0.2) is 27.4 Å². The average molecular weight is 338 g/mol. The summed E-state index contributed by atoms with van der Waals surface area (Å²) in [5, 5.41) is 2.66. The van der Waals surface area contributed by atoms with Gasteiger partial charge in [0.1, 0.15) is 17.2 Å². The molecule has 0 aliphatic heterocycles. The molecule has 6 nitrogen and oxygen atoms in total. The number of aromatic amines is 1. The van der Waals surface area contributed by atoms with Gasteiger partial charge in [0, 0.05) is 30.7 Å². The van der Waals surface area contributed by atoms with Gasteiger partial charge in [0.05, 0.1) is 0 Å². The summed E-state index contributed by atoms with van der Waals surface area (Å²) in [6.45, 7) is 0.328. The van der Waals surface area contributed by atoms with Crippen molar-refractivity contribution >= 4 is 5.91 Å². The van der Waals surface area contributed by atoms with Crippen LogP contribution in [-0.2, 0) is 6.42 Å². The highest BCUT2D eigenvalue weighted by molar-refractivity contribution is 5.93. The van der Waals surface area contributed by atoms with Crippen molar-refractivity contribution in [3.05, 3.63) is 82.3 Å². The second-order valence-electron chi connectivity index (χ2n) is 5.35. The topological polar surface area (TPSA) is 87.7 Å². The summed E-state index contributed by atoms with van der Waals surface area (Å²) in [7, 11) is 0. The van der Waals surface area contributed by atoms with E-state index in [2.05, 4.69) is 20.3 Å². The van der Waals surface area contributed by atoms with Crippen molar-refractivity contribution in [3.8, 4) is 11.4 Å². The zero-order chi connectivity index (χ0) is 17.6. The standard InChI is InChI=1S/C18H15FN4O2/c19-14-5-3-12(4-6-14)7-9-21-17(24)15-11-22-16(23-18(15)25)13-2-1-8-20-10-13/h1-6,8,10-11H,7,9H2,(H,21,24)(H,22,23,25). The molecule has 0 aliphatic rings. The highest BCUT2D eigenvalue weighted by Crippen LogP contribution is 2.10. The fourth-order valence-electron chi connectivity index (χ4n) is 2.27. The summed E-state index contributed by atoms with van der Waals surface area (Å²) >= 11 is 0. The van der Waals surface area contributed by atoms with E-state index in [0.717, 1.165) is 5.56 Å². The Kier molecular flexibility index (Phi) is 4.94. The van der Waals surface area contributed by atoms with Gasteiger partial charge < -0.3 is 10.3 Å². The second kappa shape index (κ2) is 7.48. The van der Waals surface area contributed by atoms with Crippen LogP contribution in [0.4, 0.5) is 4.39 Å². The number of amides is 1. The third kappa shape index (κ3) is 4.14. The molecule has 0 unspecified atom stereocenters. The molecule has 3 aromatic rings. The van der Waals surface area contributed by atoms with Crippen molar-refractivity contribution in [3.63, 3.8) is 0 Å². The van der Waals surface area contributed by atoms with Gasteiger partial charge >= 0.3 is 0 Å². The third-order valence-corrected chi connectivity index (χ3v) is 3.59. The molecular weight excluding hydrogens is 323 g/mol. The van der Waals surface area contributed by atoms with Crippen LogP contribution in [0.3, 0.4) is 0 Å². The molecule has 0 saturated carbocycles. The summed E-state index contributed by atoms with van der Waals surface area (Å²) in [4.78, 5) is 34.9. The van der Waals surface area contributed by atoms with Crippen LogP contribution in [0.1, 0.15) is 15.9 Å². The van der Waals surface area contributed by atoms with E-state index >= 15 is 0 Å². The molecule has 25 heavy (non-hydrogen) atoms. The van der Waals surface area contributed by atoms with Crippen LogP contribution in [0.15, 0.2) is 59.8 Å². The number of pyridine rings is 1. The first-order valence-electron chi connectivity index (χ1n) is 7.66. The van der Waals surface area contributed by atoms with Gasteiger partial charge in [-0.25, -0.2) is 9.37 Å². The zero-order valence-corrected chi connectivity index (χ0v) is 13.2. The zero-order valence-electron chi connectivity index (χ0n) is 13.2. The molecule has 2 N–H and O–H groups in total. The van der Waals surface area contributed by atoms with Crippen molar-refractivity contribution in [2.75, 3.05) is 6.54 Å². The molecule has 0 fully saturated rings.